The van der Waals surface area contributed by atoms with Gasteiger partial charge in [-0.3, -0.25) is 9.59 Å². The lowest BCUT2D eigenvalue weighted by atomic mass is 10.1. The van der Waals surface area contributed by atoms with Gasteiger partial charge in [-0.25, -0.2) is 19.6 Å². The normalized spacial score (nSPS) is 18.7. The van der Waals surface area contributed by atoms with E-state index in [4.69, 9.17) is 9.97 Å². The molecule has 6 rings (SSSR count). The fraction of sp³-hybridized carbons (Fsp3) is 0.412. The summed E-state index contributed by atoms with van der Waals surface area (Å²) in [5.74, 6) is 7.46. The summed E-state index contributed by atoms with van der Waals surface area (Å²) < 4.78 is 9.27. The smallest absolute Gasteiger partial charge is 0.407 e. The molecule has 2 aromatic heterocycles. The van der Waals surface area contributed by atoms with E-state index in [1.807, 2.05) is 36.4 Å². The number of hydrogen-bond donors (Lipinski definition) is 4. The zero-order valence-corrected chi connectivity index (χ0v) is 27.3. The van der Waals surface area contributed by atoms with Crippen LogP contribution in [-0.2, 0) is 19.1 Å². The van der Waals surface area contributed by atoms with Crippen LogP contribution < -0.4 is 10.6 Å². The minimum absolute atomic E-state index is 0.187. The van der Waals surface area contributed by atoms with Crippen LogP contribution in [0.2, 0.25) is 0 Å². The van der Waals surface area contributed by atoms with Crippen molar-refractivity contribution >= 4 is 46.1 Å². The lowest BCUT2D eigenvalue weighted by Crippen LogP contribution is -2.46. The molecule has 2 aliphatic heterocycles. The zero-order chi connectivity index (χ0) is 33.9. The summed E-state index contributed by atoms with van der Waals surface area (Å²) in [4.78, 5) is 69.2. The Balaban J connectivity index is 1.16. The number of benzene rings is 2. The Labute approximate surface area is 276 Å². The molecular weight excluding hydrogens is 616 g/mol. The van der Waals surface area contributed by atoms with Crippen LogP contribution in [0.15, 0.2) is 36.4 Å². The minimum atomic E-state index is -0.719. The van der Waals surface area contributed by atoms with Gasteiger partial charge in [-0.1, -0.05) is 11.8 Å². The number of ether oxygens (including phenoxy) is 2. The number of aromatic nitrogens is 4. The highest BCUT2D eigenvalue weighted by atomic mass is 16.5. The van der Waals surface area contributed by atoms with Gasteiger partial charge in [0.1, 0.15) is 23.7 Å². The second-order valence-corrected chi connectivity index (χ2v) is 12.1. The van der Waals surface area contributed by atoms with E-state index in [9.17, 15) is 19.2 Å². The third-order valence-corrected chi connectivity index (χ3v) is 8.84. The summed E-state index contributed by atoms with van der Waals surface area (Å²) in [5.41, 5.74) is 4.75. The van der Waals surface area contributed by atoms with Crippen LogP contribution in [0.25, 0.3) is 22.1 Å². The van der Waals surface area contributed by atoms with Gasteiger partial charge in [-0.2, -0.15) is 0 Å². The number of nitrogens with zero attached hydrogens (tertiary/aromatic N) is 4. The molecule has 2 saturated heterocycles. The van der Waals surface area contributed by atoms with Crippen molar-refractivity contribution < 1.29 is 28.7 Å². The first-order valence-electron chi connectivity index (χ1n) is 16.0. The molecule has 250 valence electrons. The predicted molar refractivity (Wildman–Crippen MR) is 176 cm³/mol. The standard InChI is InChI=1S/C34H38N8O6/c1-19(35-33(45)47-3)31(43)41-15-5-7-27(41)29-37-23-13-11-21(17-25(23)39-29)9-10-22-12-14-24-26(18-22)40-30(38-24)28-8-6-16-42(28)32(44)20(2)36-34(46)48-4/h11-14,17-20,27-28H,5-8,15-16H2,1-4H3,(H,35,45)(H,36,46)(H,37,39)(H,38,40)/t19-,20-,27-,28-/m0/s1. The second-order valence-electron chi connectivity index (χ2n) is 12.1. The number of amides is 4. The molecule has 48 heavy (non-hydrogen) atoms. The maximum absolute atomic E-state index is 13.1. The highest BCUT2D eigenvalue weighted by Gasteiger charge is 2.36. The van der Waals surface area contributed by atoms with E-state index < -0.39 is 24.3 Å². The number of carbonyl (C=O) groups is 4. The summed E-state index contributed by atoms with van der Waals surface area (Å²) in [6.45, 7) is 4.44. The number of rotatable bonds is 6. The summed E-state index contributed by atoms with van der Waals surface area (Å²) in [7, 11) is 2.53. The molecule has 0 aliphatic carbocycles. The highest BCUT2D eigenvalue weighted by Crippen LogP contribution is 2.33. The summed E-state index contributed by atoms with van der Waals surface area (Å²) >= 11 is 0. The Morgan fingerprint density at radius 2 is 1.17 bits per heavy atom. The lowest BCUT2D eigenvalue weighted by Gasteiger charge is -2.26. The molecule has 0 bridgehead atoms. The van der Waals surface area contributed by atoms with Crippen LogP contribution >= 0.6 is 0 Å². The second kappa shape index (κ2) is 13.6. The molecule has 4 aromatic rings. The number of hydrogen-bond acceptors (Lipinski definition) is 8. The fourth-order valence-electron chi connectivity index (χ4n) is 6.39. The van der Waals surface area contributed by atoms with Crippen molar-refractivity contribution in [3.05, 3.63) is 59.2 Å². The van der Waals surface area contributed by atoms with Crippen molar-refractivity contribution in [3.8, 4) is 11.8 Å². The molecule has 4 N–H and O–H groups in total. The van der Waals surface area contributed by atoms with E-state index >= 15 is 0 Å². The van der Waals surface area contributed by atoms with Gasteiger partial charge >= 0.3 is 12.2 Å². The van der Waals surface area contributed by atoms with E-state index in [1.54, 1.807) is 23.6 Å². The van der Waals surface area contributed by atoms with Gasteiger partial charge in [0, 0.05) is 24.2 Å². The first-order valence-corrected chi connectivity index (χ1v) is 16.0. The number of fused-ring (bicyclic) bond motifs is 2. The molecule has 14 nitrogen and oxygen atoms in total. The number of nitrogens with one attached hydrogen (secondary N) is 4. The van der Waals surface area contributed by atoms with Gasteiger partial charge < -0.3 is 39.9 Å². The lowest BCUT2D eigenvalue weighted by molar-refractivity contribution is -0.134. The number of methoxy groups -OCH3 is 2. The van der Waals surface area contributed by atoms with Crippen LogP contribution in [-0.4, -0.2) is 93.1 Å². The summed E-state index contributed by atoms with van der Waals surface area (Å²) in [5, 5.41) is 5.09. The third-order valence-electron chi connectivity index (χ3n) is 8.84. The van der Waals surface area contributed by atoms with Crippen molar-refractivity contribution in [2.24, 2.45) is 0 Å². The van der Waals surface area contributed by atoms with Crippen LogP contribution in [0.4, 0.5) is 9.59 Å². The van der Waals surface area contributed by atoms with Crippen LogP contribution in [0.5, 0.6) is 0 Å². The highest BCUT2D eigenvalue weighted by molar-refractivity contribution is 5.87. The monoisotopic (exact) mass is 654 g/mol. The number of alkyl carbamates (subject to hydrolysis) is 2. The summed E-state index contributed by atoms with van der Waals surface area (Å²) in [6.07, 6.45) is 1.90. The molecule has 4 heterocycles. The number of imidazole rings is 2. The van der Waals surface area contributed by atoms with E-state index in [1.165, 1.54) is 14.2 Å². The molecule has 0 spiro atoms. The minimum Gasteiger partial charge on any atom is -0.453 e. The van der Waals surface area contributed by atoms with Crippen molar-refractivity contribution in [2.75, 3.05) is 27.3 Å². The topological polar surface area (TPSA) is 175 Å². The zero-order valence-electron chi connectivity index (χ0n) is 27.3. The fourth-order valence-corrected chi connectivity index (χ4v) is 6.39. The van der Waals surface area contributed by atoms with Crippen molar-refractivity contribution in [2.45, 2.75) is 63.7 Å². The van der Waals surface area contributed by atoms with E-state index in [-0.39, 0.29) is 23.9 Å². The number of aromatic amines is 2. The Hall–Kier alpha value is -5.58. The van der Waals surface area contributed by atoms with Gasteiger partial charge in [0.25, 0.3) is 0 Å². The molecule has 2 aromatic carbocycles. The number of carbonyl (C=O) groups excluding carboxylic acids is 4. The maximum Gasteiger partial charge on any atom is 0.407 e. The third kappa shape index (κ3) is 6.62. The van der Waals surface area contributed by atoms with Crippen LogP contribution in [0, 0.1) is 11.8 Å². The van der Waals surface area contributed by atoms with E-state index in [0.29, 0.717) is 24.7 Å². The quantitative estimate of drug-likeness (QED) is 0.228. The molecular formula is C34H38N8O6. The average molecular weight is 655 g/mol. The molecule has 2 fully saturated rings. The van der Waals surface area contributed by atoms with Gasteiger partial charge in [0.15, 0.2) is 0 Å². The number of H-pyrrole nitrogens is 2. The first-order chi connectivity index (χ1) is 23.1. The molecule has 2 aliphatic rings. The Bertz CT molecular complexity index is 1800. The van der Waals surface area contributed by atoms with E-state index in [2.05, 4.69) is 41.9 Å². The van der Waals surface area contributed by atoms with Gasteiger partial charge in [-0.15, -0.1) is 0 Å². The molecule has 0 radical (unpaired) electrons. The largest absolute Gasteiger partial charge is 0.453 e. The van der Waals surface area contributed by atoms with Gasteiger partial charge in [0.2, 0.25) is 11.8 Å². The Morgan fingerprint density at radius 3 is 1.56 bits per heavy atom. The molecule has 14 heteroatoms. The SMILES string of the molecule is COC(=O)N[C@@H](C)C(=O)N1CCC[C@H]1c1nc2cc(C#Cc3ccc4[nH]c([C@@H]5CCCN5C(=O)[C@H](C)NC(=O)OC)nc4c3)ccc2[nH]1. The molecule has 4 amide bonds. The van der Waals surface area contributed by atoms with E-state index in [0.717, 1.165) is 58.9 Å². The average Bonchev–Trinajstić information content (AvgIpc) is 3.91. The number of likely N-dealkylation sites (tertiary alicyclic amines) is 2. The van der Waals surface area contributed by atoms with Crippen LogP contribution in [0.3, 0.4) is 0 Å². The Kier molecular flexibility index (Phi) is 9.20. The maximum atomic E-state index is 13.1. The molecule has 0 saturated carbocycles. The predicted octanol–water partition coefficient (Wildman–Crippen LogP) is 3.66. The van der Waals surface area contributed by atoms with Crippen LogP contribution in [0.1, 0.15) is 74.4 Å². The van der Waals surface area contributed by atoms with Crippen molar-refractivity contribution in [1.29, 1.82) is 0 Å². The van der Waals surface area contributed by atoms with Gasteiger partial charge in [-0.05, 0) is 75.9 Å². The summed E-state index contributed by atoms with van der Waals surface area (Å²) in [6, 6.07) is 9.65. The Morgan fingerprint density at radius 1 is 0.750 bits per heavy atom. The molecule has 0 unspecified atom stereocenters. The van der Waals surface area contributed by atoms with Crippen molar-refractivity contribution in [1.82, 2.24) is 40.4 Å². The van der Waals surface area contributed by atoms with Gasteiger partial charge in [0.05, 0.1) is 48.4 Å². The van der Waals surface area contributed by atoms with Crippen molar-refractivity contribution in [3.63, 3.8) is 0 Å². The molecule has 4 atom stereocenters. The first kappa shape index (κ1) is 32.4.